The van der Waals surface area contributed by atoms with Gasteiger partial charge in [-0.2, -0.15) is 0 Å². The highest BCUT2D eigenvalue weighted by molar-refractivity contribution is 5.96. The highest BCUT2D eigenvalue weighted by Crippen LogP contribution is 2.32. The first kappa shape index (κ1) is 10.9. The third-order valence-corrected chi connectivity index (χ3v) is 2.88. The van der Waals surface area contributed by atoms with E-state index in [1.54, 1.807) is 11.0 Å². The number of benzene rings is 1. The van der Waals surface area contributed by atoms with Crippen LogP contribution in [0.1, 0.15) is 25.3 Å². The van der Waals surface area contributed by atoms with E-state index in [4.69, 9.17) is 5.73 Å². The zero-order valence-corrected chi connectivity index (χ0v) is 9.29. The SMILES string of the molecule is CCCN1C(=O)CCc2c1ccc(N)c2F. The van der Waals surface area contributed by atoms with Gasteiger partial charge in [0.25, 0.3) is 0 Å². The van der Waals surface area contributed by atoms with E-state index in [9.17, 15) is 9.18 Å². The van der Waals surface area contributed by atoms with Crippen molar-refractivity contribution in [1.29, 1.82) is 0 Å². The fraction of sp³-hybridized carbons (Fsp3) is 0.417. The summed E-state index contributed by atoms with van der Waals surface area (Å²) in [4.78, 5) is 13.4. The minimum atomic E-state index is -0.369. The van der Waals surface area contributed by atoms with Crippen molar-refractivity contribution in [2.24, 2.45) is 0 Å². The van der Waals surface area contributed by atoms with Crippen LogP contribution >= 0.6 is 0 Å². The molecule has 1 amide bonds. The van der Waals surface area contributed by atoms with Crippen molar-refractivity contribution in [3.05, 3.63) is 23.5 Å². The fourth-order valence-electron chi connectivity index (χ4n) is 2.09. The first-order valence-corrected chi connectivity index (χ1v) is 5.52. The van der Waals surface area contributed by atoms with Gasteiger partial charge in [-0.1, -0.05) is 6.92 Å². The number of carbonyl (C=O) groups is 1. The number of amides is 1. The number of hydrogen-bond acceptors (Lipinski definition) is 2. The maximum absolute atomic E-state index is 13.8. The standard InChI is InChI=1S/C12H15FN2O/c1-2-7-15-10-5-4-9(14)12(13)8(10)3-6-11(15)16/h4-5H,2-3,6-7,14H2,1H3. The van der Waals surface area contributed by atoms with Crippen LogP contribution in [0, 0.1) is 5.82 Å². The van der Waals surface area contributed by atoms with Gasteiger partial charge in [0.1, 0.15) is 0 Å². The number of halogens is 1. The van der Waals surface area contributed by atoms with Gasteiger partial charge in [0.2, 0.25) is 5.91 Å². The second-order valence-electron chi connectivity index (χ2n) is 4.01. The van der Waals surface area contributed by atoms with Crippen LogP contribution in [0.3, 0.4) is 0 Å². The summed E-state index contributed by atoms with van der Waals surface area (Å²) in [6.07, 6.45) is 1.68. The van der Waals surface area contributed by atoms with Crippen molar-refractivity contribution in [2.45, 2.75) is 26.2 Å². The van der Waals surface area contributed by atoms with Gasteiger partial charge < -0.3 is 10.6 Å². The molecule has 1 aromatic rings. The molecule has 0 saturated heterocycles. The zero-order chi connectivity index (χ0) is 11.7. The van der Waals surface area contributed by atoms with E-state index < -0.39 is 0 Å². The molecule has 0 spiro atoms. The molecule has 0 aliphatic carbocycles. The second-order valence-corrected chi connectivity index (χ2v) is 4.01. The van der Waals surface area contributed by atoms with Gasteiger partial charge in [-0.15, -0.1) is 0 Å². The molecule has 1 aliphatic heterocycles. The Bertz CT molecular complexity index is 431. The Balaban J connectivity index is 2.48. The predicted octanol–water partition coefficient (Wildman–Crippen LogP) is 2.10. The lowest BCUT2D eigenvalue weighted by Crippen LogP contribution is -2.36. The Labute approximate surface area is 94.0 Å². The second kappa shape index (κ2) is 4.12. The van der Waals surface area contributed by atoms with Crippen LogP contribution in [0.2, 0.25) is 0 Å². The third kappa shape index (κ3) is 1.64. The number of nitrogens with two attached hydrogens (primary N) is 1. The lowest BCUT2D eigenvalue weighted by molar-refractivity contribution is -0.118. The van der Waals surface area contributed by atoms with Gasteiger partial charge in [-0.05, 0) is 25.0 Å². The third-order valence-electron chi connectivity index (χ3n) is 2.88. The molecule has 3 nitrogen and oxygen atoms in total. The summed E-state index contributed by atoms with van der Waals surface area (Å²) in [7, 11) is 0. The molecule has 1 heterocycles. The van der Waals surface area contributed by atoms with Crippen LogP contribution in [-0.4, -0.2) is 12.5 Å². The molecule has 2 rings (SSSR count). The van der Waals surface area contributed by atoms with Gasteiger partial charge in [0, 0.05) is 24.2 Å². The summed E-state index contributed by atoms with van der Waals surface area (Å²) in [5, 5.41) is 0. The van der Waals surface area contributed by atoms with Crippen LogP contribution in [0.15, 0.2) is 12.1 Å². The van der Waals surface area contributed by atoms with E-state index in [1.807, 2.05) is 6.92 Å². The van der Waals surface area contributed by atoms with Crippen molar-refractivity contribution < 1.29 is 9.18 Å². The number of nitrogen functional groups attached to an aromatic ring is 1. The topological polar surface area (TPSA) is 46.3 Å². The number of carbonyl (C=O) groups excluding carboxylic acids is 1. The molecular weight excluding hydrogens is 207 g/mol. The van der Waals surface area contributed by atoms with Gasteiger partial charge in [0.15, 0.2) is 5.82 Å². The number of rotatable bonds is 2. The normalized spacial score (nSPS) is 15.1. The monoisotopic (exact) mass is 222 g/mol. The molecule has 0 radical (unpaired) electrons. The van der Waals surface area contributed by atoms with Gasteiger partial charge in [0.05, 0.1) is 5.69 Å². The van der Waals surface area contributed by atoms with Crippen LogP contribution in [0.5, 0.6) is 0 Å². The number of hydrogen-bond donors (Lipinski definition) is 1. The summed E-state index contributed by atoms with van der Waals surface area (Å²) in [5.74, 6) is -0.301. The Morgan fingerprint density at radius 3 is 2.88 bits per heavy atom. The van der Waals surface area contributed by atoms with Crippen LogP contribution in [-0.2, 0) is 11.2 Å². The molecule has 16 heavy (non-hydrogen) atoms. The Morgan fingerprint density at radius 1 is 1.44 bits per heavy atom. The van der Waals surface area contributed by atoms with Crippen molar-refractivity contribution >= 4 is 17.3 Å². The molecule has 4 heteroatoms. The quantitative estimate of drug-likeness (QED) is 0.779. The van der Waals surface area contributed by atoms with E-state index in [0.717, 1.165) is 6.42 Å². The molecule has 1 aromatic carbocycles. The minimum absolute atomic E-state index is 0.0681. The smallest absolute Gasteiger partial charge is 0.227 e. The van der Waals surface area contributed by atoms with Gasteiger partial charge >= 0.3 is 0 Å². The first-order valence-electron chi connectivity index (χ1n) is 5.52. The molecule has 0 unspecified atom stereocenters. The van der Waals surface area contributed by atoms with E-state index in [2.05, 4.69) is 0 Å². The van der Waals surface area contributed by atoms with Crippen molar-refractivity contribution in [1.82, 2.24) is 0 Å². The van der Waals surface area contributed by atoms with Crippen molar-refractivity contribution in [3.8, 4) is 0 Å². The highest BCUT2D eigenvalue weighted by Gasteiger charge is 2.26. The molecule has 0 saturated carbocycles. The lowest BCUT2D eigenvalue weighted by Gasteiger charge is -2.29. The summed E-state index contributed by atoms with van der Waals surface area (Å²) in [6.45, 7) is 2.63. The average Bonchev–Trinajstić information content (AvgIpc) is 2.27. The molecule has 0 fully saturated rings. The molecule has 0 aromatic heterocycles. The highest BCUT2D eigenvalue weighted by atomic mass is 19.1. The average molecular weight is 222 g/mol. The molecular formula is C12H15FN2O. The summed E-state index contributed by atoms with van der Waals surface area (Å²) in [6, 6.07) is 3.26. The van der Waals surface area contributed by atoms with Gasteiger partial charge in [-0.25, -0.2) is 4.39 Å². The molecule has 2 N–H and O–H groups in total. The Morgan fingerprint density at radius 2 is 2.19 bits per heavy atom. The maximum Gasteiger partial charge on any atom is 0.227 e. The van der Waals surface area contributed by atoms with E-state index in [-0.39, 0.29) is 17.4 Å². The van der Waals surface area contributed by atoms with Crippen molar-refractivity contribution in [3.63, 3.8) is 0 Å². The lowest BCUT2D eigenvalue weighted by atomic mass is 9.99. The maximum atomic E-state index is 13.8. The zero-order valence-electron chi connectivity index (χ0n) is 9.29. The molecule has 0 atom stereocenters. The molecule has 86 valence electrons. The fourth-order valence-corrected chi connectivity index (χ4v) is 2.09. The summed E-state index contributed by atoms with van der Waals surface area (Å²) in [5.41, 5.74) is 6.94. The number of anilines is 2. The Hall–Kier alpha value is -1.58. The predicted molar refractivity (Wildman–Crippen MR) is 61.8 cm³/mol. The van der Waals surface area contributed by atoms with Crippen LogP contribution in [0.4, 0.5) is 15.8 Å². The molecule has 1 aliphatic rings. The minimum Gasteiger partial charge on any atom is -0.396 e. The first-order chi connectivity index (χ1) is 7.65. The number of nitrogens with zero attached hydrogens (tertiary/aromatic N) is 1. The largest absolute Gasteiger partial charge is 0.396 e. The van der Waals surface area contributed by atoms with E-state index in [0.29, 0.717) is 30.6 Å². The van der Waals surface area contributed by atoms with E-state index in [1.165, 1.54) is 6.07 Å². The van der Waals surface area contributed by atoms with Crippen molar-refractivity contribution in [2.75, 3.05) is 17.2 Å². The summed E-state index contributed by atoms with van der Waals surface area (Å²) < 4.78 is 13.8. The van der Waals surface area contributed by atoms with Gasteiger partial charge in [-0.3, -0.25) is 4.79 Å². The van der Waals surface area contributed by atoms with E-state index >= 15 is 0 Å². The van der Waals surface area contributed by atoms with Crippen LogP contribution in [0.25, 0.3) is 0 Å². The van der Waals surface area contributed by atoms with Crippen LogP contribution < -0.4 is 10.6 Å². The number of fused-ring (bicyclic) bond motifs is 1. The molecule has 0 bridgehead atoms. The Kier molecular flexibility index (Phi) is 2.81. The summed E-state index contributed by atoms with van der Waals surface area (Å²) >= 11 is 0.